The van der Waals surface area contributed by atoms with Gasteiger partial charge in [-0.3, -0.25) is 4.79 Å². The first kappa shape index (κ1) is 14.0. The normalized spacial score (nSPS) is 11.5. The highest BCUT2D eigenvalue weighted by Gasteiger charge is 2.14. The number of carbonyl (C=O) groups excluding carboxylic acids is 1. The van der Waals surface area contributed by atoms with E-state index in [1.807, 2.05) is 12.1 Å². The molecular formula is C16H24O. The third-order valence-electron chi connectivity index (χ3n) is 3.08. The van der Waals surface area contributed by atoms with E-state index in [-0.39, 0.29) is 11.2 Å². The summed E-state index contributed by atoms with van der Waals surface area (Å²) >= 11 is 0. The smallest absolute Gasteiger partial charge is 0.162 e. The van der Waals surface area contributed by atoms with Crippen molar-refractivity contribution >= 4 is 5.78 Å². The number of unbranched alkanes of at least 4 members (excludes halogenated alkanes) is 2. The van der Waals surface area contributed by atoms with Crippen LogP contribution in [0.3, 0.4) is 0 Å². The Morgan fingerprint density at radius 1 is 1.06 bits per heavy atom. The van der Waals surface area contributed by atoms with Gasteiger partial charge in [-0.05, 0) is 17.4 Å². The molecule has 0 aromatic heterocycles. The largest absolute Gasteiger partial charge is 0.294 e. The van der Waals surface area contributed by atoms with Gasteiger partial charge in [0.15, 0.2) is 5.78 Å². The van der Waals surface area contributed by atoms with Crippen molar-refractivity contribution in [2.24, 2.45) is 0 Å². The van der Waals surface area contributed by atoms with Crippen LogP contribution in [-0.4, -0.2) is 5.78 Å². The van der Waals surface area contributed by atoms with Gasteiger partial charge in [-0.2, -0.15) is 0 Å². The highest BCUT2D eigenvalue weighted by molar-refractivity contribution is 5.96. The van der Waals surface area contributed by atoms with E-state index in [0.29, 0.717) is 6.42 Å². The molecule has 0 atom stereocenters. The van der Waals surface area contributed by atoms with Gasteiger partial charge in [0.25, 0.3) is 0 Å². The van der Waals surface area contributed by atoms with E-state index in [0.717, 1.165) is 24.8 Å². The predicted octanol–water partition coefficient (Wildman–Crippen LogP) is 4.75. The summed E-state index contributed by atoms with van der Waals surface area (Å²) in [5.41, 5.74) is 2.29. The van der Waals surface area contributed by atoms with E-state index in [1.165, 1.54) is 5.56 Å². The second-order valence-corrected chi connectivity index (χ2v) is 5.71. The van der Waals surface area contributed by atoms with Crippen LogP contribution < -0.4 is 0 Å². The Labute approximate surface area is 105 Å². The molecule has 0 unspecified atom stereocenters. The zero-order valence-electron chi connectivity index (χ0n) is 11.5. The summed E-state index contributed by atoms with van der Waals surface area (Å²) < 4.78 is 0. The number of benzene rings is 1. The molecule has 0 bridgehead atoms. The second kappa shape index (κ2) is 6.00. The third-order valence-corrected chi connectivity index (χ3v) is 3.08. The van der Waals surface area contributed by atoms with Gasteiger partial charge in [-0.25, -0.2) is 0 Å². The van der Waals surface area contributed by atoms with E-state index in [4.69, 9.17) is 0 Å². The lowest BCUT2D eigenvalue weighted by atomic mass is 9.86. The molecule has 0 spiro atoms. The minimum absolute atomic E-state index is 0.157. The van der Waals surface area contributed by atoms with E-state index in [9.17, 15) is 4.79 Å². The molecule has 0 fully saturated rings. The quantitative estimate of drug-likeness (QED) is 0.529. The third kappa shape index (κ3) is 4.33. The Balaban J connectivity index is 2.64. The predicted molar refractivity (Wildman–Crippen MR) is 73.6 cm³/mol. The number of rotatable bonds is 5. The molecule has 0 radical (unpaired) electrons. The van der Waals surface area contributed by atoms with Crippen molar-refractivity contribution in [2.45, 2.75) is 58.8 Å². The molecule has 94 valence electrons. The maximum atomic E-state index is 11.9. The van der Waals surface area contributed by atoms with Crippen molar-refractivity contribution < 1.29 is 4.79 Å². The van der Waals surface area contributed by atoms with Crippen LogP contribution in [0.15, 0.2) is 24.3 Å². The molecule has 1 rings (SSSR count). The molecule has 0 amide bonds. The van der Waals surface area contributed by atoms with Gasteiger partial charge in [0.2, 0.25) is 0 Å². The van der Waals surface area contributed by atoms with Crippen LogP contribution in [0.2, 0.25) is 0 Å². The molecular weight excluding hydrogens is 208 g/mol. The lowest BCUT2D eigenvalue weighted by molar-refractivity contribution is 0.0979. The van der Waals surface area contributed by atoms with Crippen LogP contribution in [0.4, 0.5) is 0 Å². The Morgan fingerprint density at radius 2 is 1.65 bits per heavy atom. The van der Waals surface area contributed by atoms with E-state index in [2.05, 4.69) is 39.8 Å². The summed E-state index contributed by atoms with van der Waals surface area (Å²) in [6, 6.07) is 8.09. The lowest BCUT2D eigenvalue weighted by Crippen LogP contribution is -2.11. The van der Waals surface area contributed by atoms with E-state index >= 15 is 0 Å². The Hall–Kier alpha value is -1.11. The van der Waals surface area contributed by atoms with Gasteiger partial charge in [0.05, 0.1) is 0 Å². The SMILES string of the molecule is CCCCCC(=O)c1ccc(C(C)(C)C)cc1. The van der Waals surface area contributed by atoms with Crippen LogP contribution in [0.25, 0.3) is 0 Å². The number of Topliss-reactive ketones (excluding diaryl/α,β-unsaturated/α-hetero) is 1. The molecule has 1 nitrogen and oxygen atoms in total. The number of hydrogen-bond donors (Lipinski definition) is 0. The van der Waals surface area contributed by atoms with Gasteiger partial charge in [0.1, 0.15) is 0 Å². The van der Waals surface area contributed by atoms with Crippen molar-refractivity contribution in [2.75, 3.05) is 0 Å². The average Bonchev–Trinajstić information content (AvgIpc) is 2.28. The van der Waals surface area contributed by atoms with Gasteiger partial charge < -0.3 is 0 Å². The maximum absolute atomic E-state index is 11.9. The van der Waals surface area contributed by atoms with Gasteiger partial charge in [0, 0.05) is 12.0 Å². The number of ketones is 1. The molecule has 0 saturated heterocycles. The first-order valence-electron chi connectivity index (χ1n) is 6.59. The summed E-state index contributed by atoms with van der Waals surface area (Å²) in [7, 11) is 0. The minimum atomic E-state index is 0.157. The summed E-state index contributed by atoms with van der Waals surface area (Å²) in [6.45, 7) is 8.71. The molecule has 1 aromatic rings. The van der Waals surface area contributed by atoms with Crippen LogP contribution in [0, 0.1) is 0 Å². The van der Waals surface area contributed by atoms with Crippen molar-refractivity contribution in [1.29, 1.82) is 0 Å². The van der Waals surface area contributed by atoms with Gasteiger partial charge >= 0.3 is 0 Å². The van der Waals surface area contributed by atoms with Crippen molar-refractivity contribution in [1.82, 2.24) is 0 Å². The molecule has 17 heavy (non-hydrogen) atoms. The van der Waals surface area contributed by atoms with Crippen LogP contribution in [0.1, 0.15) is 69.3 Å². The fourth-order valence-electron chi connectivity index (χ4n) is 1.84. The Morgan fingerprint density at radius 3 is 2.12 bits per heavy atom. The molecule has 0 saturated carbocycles. The zero-order valence-corrected chi connectivity index (χ0v) is 11.5. The highest BCUT2D eigenvalue weighted by atomic mass is 16.1. The number of hydrogen-bond acceptors (Lipinski definition) is 1. The highest BCUT2D eigenvalue weighted by Crippen LogP contribution is 2.22. The summed E-state index contributed by atoms with van der Waals surface area (Å²) in [5.74, 6) is 0.277. The van der Waals surface area contributed by atoms with Crippen molar-refractivity contribution in [3.63, 3.8) is 0 Å². The Kier molecular flexibility index (Phi) is 4.92. The van der Waals surface area contributed by atoms with Crippen LogP contribution >= 0.6 is 0 Å². The van der Waals surface area contributed by atoms with Crippen molar-refractivity contribution in [3.8, 4) is 0 Å². The summed E-state index contributed by atoms with van der Waals surface area (Å²) in [4.78, 5) is 11.9. The summed E-state index contributed by atoms with van der Waals surface area (Å²) in [5, 5.41) is 0. The number of carbonyl (C=O) groups is 1. The minimum Gasteiger partial charge on any atom is -0.294 e. The van der Waals surface area contributed by atoms with Gasteiger partial charge in [-0.15, -0.1) is 0 Å². The van der Waals surface area contributed by atoms with Crippen LogP contribution in [0.5, 0.6) is 0 Å². The van der Waals surface area contributed by atoms with E-state index < -0.39 is 0 Å². The molecule has 0 aliphatic rings. The first-order chi connectivity index (χ1) is 7.95. The lowest BCUT2D eigenvalue weighted by Gasteiger charge is -2.18. The summed E-state index contributed by atoms with van der Waals surface area (Å²) in [6.07, 6.45) is 4.00. The average molecular weight is 232 g/mol. The fraction of sp³-hybridized carbons (Fsp3) is 0.562. The van der Waals surface area contributed by atoms with E-state index in [1.54, 1.807) is 0 Å². The van der Waals surface area contributed by atoms with Crippen LogP contribution in [-0.2, 0) is 5.41 Å². The fourth-order valence-corrected chi connectivity index (χ4v) is 1.84. The molecule has 1 aromatic carbocycles. The topological polar surface area (TPSA) is 17.1 Å². The molecule has 0 aliphatic heterocycles. The molecule has 1 heteroatoms. The first-order valence-corrected chi connectivity index (χ1v) is 6.59. The van der Waals surface area contributed by atoms with Crippen molar-refractivity contribution in [3.05, 3.63) is 35.4 Å². The molecule has 0 heterocycles. The monoisotopic (exact) mass is 232 g/mol. The Bertz CT molecular complexity index is 354. The van der Waals surface area contributed by atoms with Gasteiger partial charge in [-0.1, -0.05) is 64.8 Å². The zero-order chi connectivity index (χ0) is 12.9. The molecule has 0 aliphatic carbocycles. The standard InChI is InChI=1S/C16H24O/c1-5-6-7-8-15(17)13-9-11-14(12-10-13)16(2,3)4/h9-12H,5-8H2,1-4H3. The maximum Gasteiger partial charge on any atom is 0.162 e. The molecule has 0 N–H and O–H groups in total. The second-order valence-electron chi connectivity index (χ2n) is 5.71.